The van der Waals surface area contributed by atoms with Crippen LogP contribution < -0.4 is 14.8 Å². The number of fused-ring (bicyclic) bond motifs is 1. The number of ketones is 1. The van der Waals surface area contributed by atoms with Gasteiger partial charge in [-0.25, -0.2) is 4.79 Å². The van der Waals surface area contributed by atoms with Crippen molar-refractivity contribution in [2.45, 2.75) is 83.2 Å². The smallest absolute Gasteiger partial charge is 0.352 e. The molecule has 2 heterocycles. The van der Waals surface area contributed by atoms with Crippen LogP contribution in [0.1, 0.15) is 64.9 Å². The molecule has 2 aromatic carbocycles. The minimum Gasteiger partial charge on any atom is -0.484 e. The lowest BCUT2D eigenvalue weighted by molar-refractivity contribution is -0.145. The van der Waals surface area contributed by atoms with E-state index in [0.29, 0.717) is 17.9 Å². The number of β-lactam (4-membered cyclic amide) rings is 1. The van der Waals surface area contributed by atoms with Crippen molar-refractivity contribution >= 4 is 47.6 Å². The van der Waals surface area contributed by atoms with Gasteiger partial charge in [0.15, 0.2) is 18.5 Å². The van der Waals surface area contributed by atoms with Crippen molar-refractivity contribution in [2.24, 2.45) is 0 Å². The van der Waals surface area contributed by atoms with E-state index in [1.54, 1.807) is 24.3 Å². The number of nitrogens with zero attached hydrogens (tertiary/aromatic N) is 1. The molecular weight excluding hydrogens is 623 g/mol. The molecule has 2 aliphatic heterocycles. The molecule has 0 aliphatic carbocycles. The second-order valence-corrected chi connectivity index (χ2v) is 17.1. The van der Waals surface area contributed by atoms with E-state index in [4.69, 9.17) is 9.47 Å². The molecule has 0 bridgehead atoms. The quantitative estimate of drug-likeness (QED) is 0.145. The van der Waals surface area contributed by atoms with Crippen LogP contribution in [0.15, 0.2) is 54.6 Å². The third-order valence-corrected chi connectivity index (χ3v) is 14.7. The summed E-state index contributed by atoms with van der Waals surface area (Å²) < 4.78 is 11.5. The first-order chi connectivity index (χ1) is 22.2. The summed E-state index contributed by atoms with van der Waals surface area (Å²) in [4.78, 5) is 54.9. The zero-order valence-corrected chi connectivity index (χ0v) is 28.8. The highest BCUT2D eigenvalue weighted by Crippen LogP contribution is 2.54. The molecule has 0 spiro atoms. The van der Waals surface area contributed by atoms with E-state index in [2.05, 4.69) is 26.1 Å². The Hall–Kier alpha value is -3.23. The highest BCUT2D eigenvalue weighted by Gasteiger charge is 2.53. The van der Waals surface area contributed by atoms with Gasteiger partial charge < -0.3 is 19.9 Å². The number of ether oxygens (including phenoxy) is 2. The summed E-state index contributed by atoms with van der Waals surface area (Å²) in [5.74, 6) is -0.937. The summed E-state index contributed by atoms with van der Waals surface area (Å²) in [7, 11) is 0. The number of carboxylic acid groups (broad SMARTS) is 1. The van der Waals surface area contributed by atoms with Gasteiger partial charge in [0.1, 0.15) is 28.3 Å². The third-order valence-electron chi connectivity index (χ3n) is 8.56. The number of hydrogen-bond acceptors (Lipinski definition) is 7. The standard InChI is InChI=1S/C35H47N2O7PS/c1-4-7-19-45(20-8-5-2,21-9-6-3)33(35(41)42)37-32(40)31(36-30(39)23-43-26-16-11-10-12-17-26)34(37)46-24-27(38)29-22-25-15-13-14-18-28(25)44-29/h10-18,29,31,34H,4-9,19-24H2,1-3H3,(H,36,39)(H,41,42)/t29?,31-,34-/m1/s1. The molecule has 0 aromatic heterocycles. The summed E-state index contributed by atoms with van der Waals surface area (Å²) in [6.07, 6.45) is 7.55. The highest BCUT2D eigenvalue weighted by atomic mass is 32.2. The topological polar surface area (TPSA) is 122 Å². The van der Waals surface area contributed by atoms with Gasteiger partial charge in [-0.15, -0.1) is 11.8 Å². The monoisotopic (exact) mass is 670 g/mol. The van der Waals surface area contributed by atoms with Crippen LogP contribution in [-0.4, -0.2) is 87.4 Å². The van der Waals surface area contributed by atoms with Crippen LogP contribution in [0, 0.1) is 0 Å². The zero-order valence-electron chi connectivity index (χ0n) is 27.1. The number of unbranched alkanes of at least 4 members (excludes halogenated alkanes) is 3. The number of rotatable bonds is 19. The predicted molar refractivity (Wildman–Crippen MR) is 185 cm³/mol. The molecule has 2 aromatic rings. The Morgan fingerprint density at radius 1 is 0.957 bits per heavy atom. The Labute approximate surface area is 276 Å². The molecule has 1 fully saturated rings. The van der Waals surface area contributed by atoms with Crippen molar-refractivity contribution in [3.63, 3.8) is 0 Å². The molecule has 1 saturated heterocycles. The maximum absolute atomic E-state index is 13.9. The van der Waals surface area contributed by atoms with Gasteiger partial charge in [-0.3, -0.25) is 19.3 Å². The van der Waals surface area contributed by atoms with Gasteiger partial charge in [-0.1, -0.05) is 83.3 Å². The lowest BCUT2D eigenvalue weighted by Crippen LogP contribution is -2.72. The van der Waals surface area contributed by atoms with Crippen molar-refractivity contribution in [1.29, 1.82) is 0 Å². The number of amides is 2. The van der Waals surface area contributed by atoms with E-state index in [-0.39, 0.29) is 23.6 Å². The van der Waals surface area contributed by atoms with Gasteiger partial charge in [0.2, 0.25) is 0 Å². The molecule has 3 atom stereocenters. The second kappa shape index (κ2) is 17.1. The van der Waals surface area contributed by atoms with E-state index >= 15 is 0 Å². The van der Waals surface area contributed by atoms with E-state index in [1.165, 1.54) is 16.7 Å². The van der Waals surface area contributed by atoms with Crippen LogP contribution in [0.3, 0.4) is 0 Å². The molecule has 1 unspecified atom stereocenters. The molecular formula is C35H47N2O7PS. The number of benzene rings is 2. The van der Waals surface area contributed by atoms with Crippen molar-refractivity contribution in [3.8, 4) is 11.5 Å². The number of likely N-dealkylation sites (tertiary alicyclic amines) is 1. The second-order valence-electron chi connectivity index (χ2n) is 11.9. The Morgan fingerprint density at radius 2 is 1.57 bits per heavy atom. The molecule has 9 nitrogen and oxygen atoms in total. The van der Waals surface area contributed by atoms with E-state index in [0.717, 1.165) is 62.6 Å². The van der Waals surface area contributed by atoms with Gasteiger partial charge in [-0.2, -0.15) is 0 Å². The number of carboxylic acids is 1. The third kappa shape index (κ3) is 8.56. The molecule has 2 N–H and O–H groups in total. The van der Waals surface area contributed by atoms with E-state index in [9.17, 15) is 24.3 Å². The van der Waals surface area contributed by atoms with E-state index < -0.39 is 42.2 Å². The molecule has 250 valence electrons. The Balaban J connectivity index is 1.62. The van der Waals surface area contributed by atoms with Crippen molar-refractivity contribution in [3.05, 3.63) is 60.2 Å². The number of nitrogens with one attached hydrogen (secondary N) is 1. The summed E-state index contributed by atoms with van der Waals surface area (Å²) in [6, 6.07) is 15.5. The largest absolute Gasteiger partial charge is 0.484 e. The van der Waals surface area contributed by atoms with Crippen LogP contribution in [0.25, 0.3) is 0 Å². The molecule has 11 heteroatoms. The Morgan fingerprint density at radius 3 is 2.15 bits per heavy atom. The van der Waals surface area contributed by atoms with Crippen LogP contribution in [0.4, 0.5) is 0 Å². The normalized spacial score (nSPS) is 18.7. The van der Waals surface area contributed by atoms with Crippen LogP contribution >= 0.6 is 18.6 Å². The first kappa shape index (κ1) is 35.6. The summed E-state index contributed by atoms with van der Waals surface area (Å²) >= 11 is 1.20. The predicted octanol–water partition coefficient (Wildman–Crippen LogP) is 5.66. The number of para-hydroxylation sites is 2. The Kier molecular flexibility index (Phi) is 13.2. The summed E-state index contributed by atoms with van der Waals surface area (Å²) in [5.41, 5.74) is 1.17. The van der Waals surface area contributed by atoms with Crippen molar-refractivity contribution in [2.75, 3.05) is 30.8 Å². The lowest BCUT2D eigenvalue weighted by atomic mass is 10.1. The lowest BCUT2D eigenvalue weighted by Gasteiger charge is -2.49. The van der Waals surface area contributed by atoms with Crippen molar-refractivity contribution in [1.82, 2.24) is 10.2 Å². The Bertz CT molecular complexity index is 1380. The zero-order chi connectivity index (χ0) is 33.1. The summed E-state index contributed by atoms with van der Waals surface area (Å²) in [5, 5.41) is 12.8. The molecule has 4 rings (SSSR count). The minimum atomic E-state index is -2.27. The van der Waals surface area contributed by atoms with Gasteiger partial charge >= 0.3 is 5.97 Å². The fourth-order valence-electron chi connectivity index (χ4n) is 6.07. The fourth-order valence-corrected chi connectivity index (χ4v) is 12.6. The van der Waals surface area contributed by atoms with Crippen LogP contribution in [0.2, 0.25) is 0 Å². The molecule has 2 amide bonds. The first-order valence-electron chi connectivity index (χ1n) is 16.4. The maximum Gasteiger partial charge on any atom is 0.352 e. The maximum atomic E-state index is 13.9. The van der Waals surface area contributed by atoms with Gasteiger partial charge in [0.25, 0.3) is 11.8 Å². The minimum absolute atomic E-state index is 0.0111. The molecule has 0 saturated carbocycles. The fraction of sp³-hybridized carbons (Fsp3) is 0.514. The number of carbonyl (C=O) groups is 4. The number of hydrogen-bond donors (Lipinski definition) is 2. The molecule has 2 aliphatic rings. The number of Topliss-reactive ketones (excluding diaryl/α,β-unsaturated/α-hetero) is 1. The summed E-state index contributed by atoms with van der Waals surface area (Å²) in [6.45, 7) is 3.73. The van der Waals surface area contributed by atoms with E-state index in [1.807, 2.05) is 30.3 Å². The molecule has 0 radical (unpaired) electrons. The number of thioether (sulfide) groups is 1. The average Bonchev–Trinajstić information content (AvgIpc) is 3.51. The molecule has 46 heavy (non-hydrogen) atoms. The number of aliphatic carboxylic acids is 1. The van der Waals surface area contributed by atoms with Crippen LogP contribution in [-0.2, 0) is 25.6 Å². The van der Waals surface area contributed by atoms with Crippen molar-refractivity contribution < 1.29 is 33.8 Å². The number of carbonyl (C=O) groups excluding carboxylic acids is 3. The first-order valence-corrected chi connectivity index (χ1v) is 19.8. The van der Waals surface area contributed by atoms with Gasteiger partial charge in [-0.05, 0) is 61.5 Å². The highest BCUT2D eigenvalue weighted by molar-refractivity contribution is 8.00. The van der Waals surface area contributed by atoms with Crippen LogP contribution in [0.5, 0.6) is 11.5 Å². The SMILES string of the molecule is CCCCP(CCCC)(CCCC)=C(C(=O)O)N1C(=O)[C@@H](NC(=O)COc2ccccc2)[C@H]1SCC(=O)C1Cc2ccccc2O1. The average molecular weight is 671 g/mol. The van der Waals surface area contributed by atoms with Gasteiger partial charge in [0.05, 0.1) is 5.75 Å². The van der Waals surface area contributed by atoms with Gasteiger partial charge in [0, 0.05) is 6.42 Å².